The normalized spacial score (nSPS) is 10.1. The number of carbonyl (C=O) groups is 2. The fraction of sp³-hybridized carbons (Fsp3) is 0.143. The summed E-state index contributed by atoms with van der Waals surface area (Å²) in [6.07, 6.45) is 0. The average molecular weight is 244 g/mol. The standard InChI is InChI=1S/C14H12O4/c1-17-13(15)11-8-7-9-5-3-4-6-10(9)12(11)14(16)18-2/h3-8H,1-2H3. The maximum absolute atomic E-state index is 11.8. The van der Waals surface area contributed by atoms with Gasteiger partial charge in [-0.2, -0.15) is 0 Å². The van der Waals surface area contributed by atoms with E-state index in [1.54, 1.807) is 24.3 Å². The zero-order chi connectivity index (χ0) is 13.1. The Balaban J connectivity index is 2.79. The van der Waals surface area contributed by atoms with Crippen molar-refractivity contribution in [3.8, 4) is 0 Å². The molecule has 2 aromatic carbocycles. The molecule has 0 spiro atoms. The number of esters is 2. The molecule has 0 saturated carbocycles. The van der Waals surface area contributed by atoms with E-state index in [2.05, 4.69) is 4.74 Å². The molecule has 0 bridgehead atoms. The van der Waals surface area contributed by atoms with Crippen LogP contribution in [0.5, 0.6) is 0 Å². The molecule has 2 rings (SSSR count). The number of methoxy groups -OCH3 is 2. The summed E-state index contributed by atoms with van der Waals surface area (Å²) in [5.41, 5.74) is 0.450. The predicted molar refractivity (Wildman–Crippen MR) is 66.6 cm³/mol. The second kappa shape index (κ2) is 4.87. The fourth-order valence-electron chi connectivity index (χ4n) is 1.87. The van der Waals surface area contributed by atoms with Crippen LogP contribution in [0.1, 0.15) is 20.7 Å². The van der Waals surface area contributed by atoms with Crippen LogP contribution in [0.4, 0.5) is 0 Å². The van der Waals surface area contributed by atoms with Crippen LogP contribution in [0.2, 0.25) is 0 Å². The van der Waals surface area contributed by atoms with Gasteiger partial charge < -0.3 is 9.47 Å². The van der Waals surface area contributed by atoms with Gasteiger partial charge in [0, 0.05) is 0 Å². The lowest BCUT2D eigenvalue weighted by molar-refractivity contribution is 0.0557. The van der Waals surface area contributed by atoms with Crippen LogP contribution in [0.15, 0.2) is 36.4 Å². The molecule has 2 aromatic rings. The van der Waals surface area contributed by atoms with Crippen molar-refractivity contribution in [1.29, 1.82) is 0 Å². The van der Waals surface area contributed by atoms with E-state index in [-0.39, 0.29) is 11.1 Å². The molecule has 0 radical (unpaired) electrons. The third-order valence-corrected chi connectivity index (χ3v) is 2.72. The third-order valence-electron chi connectivity index (χ3n) is 2.72. The Labute approximate surface area is 104 Å². The molecular formula is C14H12O4. The SMILES string of the molecule is COC(=O)c1ccc2ccccc2c1C(=O)OC. The molecule has 0 heterocycles. The Morgan fingerprint density at radius 1 is 0.889 bits per heavy atom. The quantitative estimate of drug-likeness (QED) is 0.761. The second-order valence-electron chi connectivity index (χ2n) is 3.69. The highest BCUT2D eigenvalue weighted by atomic mass is 16.5. The van der Waals surface area contributed by atoms with Gasteiger partial charge in [0.15, 0.2) is 0 Å². The summed E-state index contributed by atoms with van der Waals surface area (Å²) in [6, 6.07) is 10.6. The molecule has 4 heteroatoms. The molecule has 0 aromatic heterocycles. The summed E-state index contributed by atoms with van der Waals surface area (Å²) in [7, 11) is 2.56. The van der Waals surface area contributed by atoms with Crippen LogP contribution in [-0.4, -0.2) is 26.2 Å². The first-order chi connectivity index (χ1) is 8.69. The summed E-state index contributed by atoms with van der Waals surface area (Å²) in [5, 5.41) is 1.54. The van der Waals surface area contributed by atoms with Gasteiger partial charge in [-0.1, -0.05) is 30.3 Å². The Bertz CT molecular complexity index is 616. The van der Waals surface area contributed by atoms with Crippen LogP contribution < -0.4 is 0 Å². The van der Waals surface area contributed by atoms with Gasteiger partial charge >= 0.3 is 11.9 Å². The summed E-state index contributed by atoms with van der Waals surface area (Å²) >= 11 is 0. The lowest BCUT2D eigenvalue weighted by atomic mass is 9.99. The first-order valence-corrected chi connectivity index (χ1v) is 5.37. The molecule has 0 saturated heterocycles. The highest BCUT2D eigenvalue weighted by Gasteiger charge is 2.20. The van der Waals surface area contributed by atoms with Gasteiger partial charge in [-0.15, -0.1) is 0 Å². The van der Waals surface area contributed by atoms with E-state index in [0.29, 0.717) is 5.39 Å². The highest BCUT2D eigenvalue weighted by Crippen LogP contribution is 2.23. The van der Waals surface area contributed by atoms with E-state index in [9.17, 15) is 9.59 Å². The summed E-state index contributed by atoms with van der Waals surface area (Å²) in [6.45, 7) is 0. The Kier molecular flexibility index (Phi) is 3.28. The van der Waals surface area contributed by atoms with Crippen molar-refractivity contribution >= 4 is 22.7 Å². The largest absolute Gasteiger partial charge is 0.465 e. The number of carbonyl (C=O) groups excluding carboxylic acids is 2. The van der Waals surface area contributed by atoms with Crippen molar-refractivity contribution in [2.24, 2.45) is 0 Å². The average Bonchev–Trinajstić information content (AvgIpc) is 2.44. The molecule has 0 aliphatic heterocycles. The minimum Gasteiger partial charge on any atom is -0.465 e. The molecule has 0 aliphatic carbocycles. The van der Waals surface area contributed by atoms with Gasteiger partial charge in [-0.25, -0.2) is 9.59 Å². The van der Waals surface area contributed by atoms with Gasteiger partial charge in [0.2, 0.25) is 0 Å². The number of rotatable bonds is 2. The smallest absolute Gasteiger partial charge is 0.339 e. The van der Waals surface area contributed by atoms with E-state index in [1.165, 1.54) is 14.2 Å². The molecule has 0 unspecified atom stereocenters. The topological polar surface area (TPSA) is 52.6 Å². The third kappa shape index (κ3) is 1.93. The number of fused-ring (bicyclic) bond motifs is 1. The zero-order valence-electron chi connectivity index (χ0n) is 10.1. The van der Waals surface area contributed by atoms with Crippen LogP contribution in [-0.2, 0) is 9.47 Å². The predicted octanol–water partition coefficient (Wildman–Crippen LogP) is 2.41. The van der Waals surface area contributed by atoms with E-state index in [1.807, 2.05) is 12.1 Å². The molecule has 0 amide bonds. The molecule has 0 N–H and O–H groups in total. The van der Waals surface area contributed by atoms with E-state index in [4.69, 9.17) is 4.74 Å². The first kappa shape index (κ1) is 12.1. The Morgan fingerprint density at radius 2 is 1.56 bits per heavy atom. The number of benzene rings is 2. The number of ether oxygens (including phenoxy) is 2. The zero-order valence-corrected chi connectivity index (χ0v) is 10.1. The summed E-state index contributed by atoms with van der Waals surface area (Å²) in [4.78, 5) is 23.5. The molecule has 4 nitrogen and oxygen atoms in total. The molecule has 0 fully saturated rings. The highest BCUT2D eigenvalue weighted by molar-refractivity contribution is 6.12. The number of hydrogen-bond acceptors (Lipinski definition) is 4. The lowest BCUT2D eigenvalue weighted by Gasteiger charge is -2.09. The minimum atomic E-state index is -0.554. The minimum absolute atomic E-state index is 0.211. The van der Waals surface area contributed by atoms with Crippen LogP contribution in [0.3, 0.4) is 0 Å². The van der Waals surface area contributed by atoms with E-state index >= 15 is 0 Å². The fourth-order valence-corrected chi connectivity index (χ4v) is 1.87. The van der Waals surface area contributed by atoms with Crippen molar-refractivity contribution in [3.05, 3.63) is 47.5 Å². The van der Waals surface area contributed by atoms with Gasteiger partial charge in [-0.3, -0.25) is 0 Å². The molecule has 0 aliphatic rings. The van der Waals surface area contributed by atoms with Crippen molar-refractivity contribution in [2.75, 3.05) is 14.2 Å². The van der Waals surface area contributed by atoms with Crippen LogP contribution in [0, 0.1) is 0 Å². The van der Waals surface area contributed by atoms with Gasteiger partial charge in [0.1, 0.15) is 0 Å². The molecule has 92 valence electrons. The Morgan fingerprint density at radius 3 is 2.22 bits per heavy atom. The monoisotopic (exact) mass is 244 g/mol. The first-order valence-electron chi connectivity index (χ1n) is 5.37. The second-order valence-corrected chi connectivity index (χ2v) is 3.69. The van der Waals surface area contributed by atoms with E-state index in [0.717, 1.165) is 5.39 Å². The van der Waals surface area contributed by atoms with Crippen molar-refractivity contribution < 1.29 is 19.1 Å². The van der Waals surface area contributed by atoms with E-state index < -0.39 is 11.9 Å². The maximum Gasteiger partial charge on any atom is 0.339 e. The van der Waals surface area contributed by atoms with Gasteiger partial charge in [-0.05, 0) is 16.8 Å². The van der Waals surface area contributed by atoms with Crippen molar-refractivity contribution in [2.45, 2.75) is 0 Å². The van der Waals surface area contributed by atoms with Gasteiger partial charge in [0.05, 0.1) is 25.3 Å². The van der Waals surface area contributed by atoms with Crippen LogP contribution in [0.25, 0.3) is 10.8 Å². The molecular weight excluding hydrogens is 232 g/mol. The number of hydrogen-bond donors (Lipinski definition) is 0. The van der Waals surface area contributed by atoms with Crippen LogP contribution >= 0.6 is 0 Å². The Hall–Kier alpha value is -2.36. The van der Waals surface area contributed by atoms with Gasteiger partial charge in [0.25, 0.3) is 0 Å². The van der Waals surface area contributed by atoms with Crippen molar-refractivity contribution in [1.82, 2.24) is 0 Å². The molecule has 18 heavy (non-hydrogen) atoms. The molecule has 0 atom stereocenters. The van der Waals surface area contributed by atoms with Crippen molar-refractivity contribution in [3.63, 3.8) is 0 Å². The summed E-state index contributed by atoms with van der Waals surface area (Å²) in [5.74, 6) is -1.10. The lowest BCUT2D eigenvalue weighted by Crippen LogP contribution is -2.12. The summed E-state index contributed by atoms with van der Waals surface area (Å²) < 4.78 is 9.41. The maximum atomic E-state index is 11.8.